The lowest BCUT2D eigenvalue weighted by molar-refractivity contribution is -0.144. The van der Waals surface area contributed by atoms with Gasteiger partial charge >= 0.3 is 5.97 Å². The molecular formula is C24H31NO2. The van der Waals surface area contributed by atoms with Crippen molar-refractivity contribution in [2.75, 3.05) is 0 Å². The number of hydrogen-bond donors (Lipinski definition) is 1. The Morgan fingerprint density at radius 1 is 1.07 bits per heavy atom. The molecule has 144 valence electrons. The largest absolute Gasteiger partial charge is 0.481 e. The highest BCUT2D eigenvalue weighted by molar-refractivity contribution is 5.70. The number of carboxylic acid groups (broad SMARTS) is 1. The number of rotatable bonds is 6. The smallest absolute Gasteiger partial charge is 0.307 e. The van der Waals surface area contributed by atoms with Crippen molar-refractivity contribution in [1.29, 1.82) is 5.26 Å². The molecule has 0 bridgehead atoms. The van der Waals surface area contributed by atoms with E-state index in [1.807, 2.05) is 12.1 Å². The molecule has 0 saturated heterocycles. The highest BCUT2D eigenvalue weighted by Gasteiger charge is 2.35. The lowest BCUT2D eigenvalue weighted by atomic mass is 9.66. The summed E-state index contributed by atoms with van der Waals surface area (Å²) in [5, 5.41) is 18.4. The molecule has 2 aliphatic rings. The maximum Gasteiger partial charge on any atom is 0.307 e. The van der Waals surface area contributed by atoms with Crippen LogP contribution in [0.4, 0.5) is 0 Å². The molecule has 0 radical (unpaired) electrons. The maximum atomic E-state index is 11.5. The molecule has 0 amide bonds. The van der Waals surface area contributed by atoms with Crippen LogP contribution in [0.2, 0.25) is 0 Å². The van der Waals surface area contributed by atoms with Crippen molar-refractivity contribution in [1.82, 2.24) is 0 Å². The Morgan fingerprint density at radius 2 is 1.63 bits per heavy atom. The van der Waals surface area contributed by atoms with Gasteiger partial charge in [0, 0.05) is 0 Å². The second kappa shape index (κ2) is 9.22. The first-order valence-electron chi connectivity index (χ1n) is 10.5. The van der Waals surface area contributed by atoms with Gasteiger partial charge in [0.2, 0.25) is 0 Å². The van der Waals surface area contributed by atoms with E-state index in [9.17, 15) is 9.90 Å². The van der Waals surface area contributed by atoms with Gasteiger partial charge in [-0.05, 0) is 99.2 Å². The van der Waals surface area contributed by atoms with Crippen LogP contribution in [-0.2, 0) is 4.79 Å². The molecule has 2 fully saturated rings. The van der Waals surface area contributed by atoms with Crippen LogP contribution >= 0.6 is 0 Å². The van der Waals surface area contributed by atoms with Crippen LogP contribution in [0.15, 0.2) is 36.9 Å². The van der Waals surface area contributed by atoms with Crippen LogP contribution in [0.3, 0.4) is 0 Å². The molecule has 3 rings (SSSR count). The van der Waals surface area contributed by atoms with Crippen molar-refractivity contribution in [3.8, 4) is 6.07 Å². The Balaban J connectivity index is 1.48. The monoisotopic (exact) mass is 365 g/mol. The van der Waals surface area contributed by atoms with E-state index in [4.69, 9.17) is 5.26 Å². The molecule has 3 nitrogen and oxygen atoms in total. The fraction of sp³-hybridized carbons (Fsp3) is 0.583. The van der Waals surface area contributed by atoms with E-state index in [1.165, 1.54) is 44.1 Å². The summed E-state index contributed by atoms with van der Waals surface area (Å²) in [6.45, 7) is 3.73. The number of hydrogen-bond acceptors (Lipinski definition) is 2. The summed E-state index contributed by atoms with van der Waals surface area (Å²) in [5.41, 5.74) is 2.12. The normalized spacial score (nSPS) is 29.4. The van der Waals surface area contributed by atoms with E-state index >= 15 is 0 Å². The molecule has 2 aliphatic carbocycles. The number of carbonyl (C=O) groups is 1. The summed E-state index contributed by atoms with van der Waals surface area (Å²) in [7, 11) is 0. The molecule has 27 heavy (non-hydrogen) atoms. The zero-order valence-electron chi connectivity index (χ0n) is 16.1. The number of allylic oxidation sites excluding steroid dienone is 1. The van der Waals surface area contributed by atoms with E-state index in [0.717, 1.165) is 30.2 Å². The van der Waals surface area contributed by atoms with E-state index in [1.54, 1.807) is 6.08 Å². The van der Waals surface area contributed by atoms with Gasteiger partial charge in [0.1, 0.15) is 0 Å². The molecule has 0 aliphatic heterocycles. The van der Waals surface area contributed by atoms with Crippen LogP contribution in [0.25, 0.3) is 0 Å². The van der Waals surface area contributed by atoms with Crippen LogP contribution in [0, 0.1) is 35.0 Å². The van der Waals surface area contributed by atoms with E-state index < -0.39 is 5.97 Å². The Bertz CT molecular complexity index is 671. The number of nitrogens with zero attached hydrogens (tertiary/aromatic N) is 1. The lowest BCUT2D eigenvalue weighted by Gasteiger charge is -2.39. The first-order valence-corrected chi connectivity index (χ1v) is 10.5. The Kier molecular flexibility index (Phi) is 6.72. The number of benzene rings is 1. The second-order valence-corrected chi connectivity index (χ2v) is 8.49. The van der Waals surface area contributed by atoms with Gasteiger partial charge in [-0.3, -0.25) is 4.79 Å². The van der Waals surface area contributed by atoms with Gasteiger partial charge < -0.3 is 5.11 Å². The van der Waals surface area contributed by atoms with Crippen LogP contribution < -0.4 is 0 Å². The Morgan fingerprint density at radius 3 is 2.11 bits per heavy atom. The van der Waals surface area contributed by atoms with Crippen molar-refractivity contribution >= 4 is 5.97 Å². The SMILES string of the molecule is C=CCC(C(=O)O)[C@H]1CC[C@H]([C@H]2CC[C@H](c3ccc(C#N)cc3)CC2)CC1. The second-order valence-electron chi connectivity index (χ2n) is 8.49. The Hall–Kier alpha value is -2.08. The van der Waals surface area contributed by atoms with Crippen molar-refractivity contribution < 1.29 is 9.90 Å². The molecule has 2 saturated carbocycles. The molecule has 1 unspecified atom stereocenters. The fourth-order valence-electron chi connectivity index (χ4n) is 5.45. The summed E-state index contributed by atoms with van der Waals surface area (Å²) in [5.74, 6) is 1.66. The third-order valence-electron chi connectivity index (χ3n) is 7.07. The predicted octanol–water partition coefficient (Wildman–Crippen LogP) is 5.92. The molecule has 1 aromatic carbocycles. The van der Waals surface area contributed by atoms with Crippen molar-refractivity contribution in [2.24, 2.45) is 23.7 Å². The third kappa shape index (κ3) is 4.80. The van der Waals surface area contributed by atoms with Gasteiger partial charge in [-0.2, -0.15) is 5.26 Å². The topological polar surface area (TPSA) is 61.1 Å². The highest BCUT2D eigenvalue weighted by atomic mass is 16.4. The van der Waals surface area contributed by atoms with Crippen LogP contribution in [0.1, 0.15) is 74.8 Å². The van der Waals surface area contributed by atoms with Crippen molar-refractivity contribution in [3.63, 3.8) is 0 Å². The average molecular weight is 366 g/mol. The van der Waals surface area contributed by atoms with E-state index in [-0.39, 0.29) is 5.92 Å². The standard InChI is InChI=1S/C24H31NO2/c1-2-3-23(24(26)27)22-14-12-21(13-15-22)20-10-8-19(9-11-20)18-6-4-17(16-25)5-7-18/h2,4-7,19-23H,1,3,8-15H2,(H,26,27)/t19-,20-,21-,22-,23?. The zero-order chi connectivity index (χ0) is 19.2. The molecule has 1 aromatic rings. The first kappa shape index (κ1) is 19.7. The summed E-state index contributed by atoms with van der Waals surface area (Å²) >= 11 is 0. The molecule has 3 heteroatoms. The van der Waals surface area contributed by atoms with E-state index in [0.29, 0.717) is 18.3 Å². The minimum Gasteiger partial charge on any atom is -0.481 e. The zero-order valence-corrected chi connectivity index (χ0v) is 16.1. The van der Waals surface area contributed by atoms with Crippen molar-refractivity contribution in [3.05, 3.63) is 48.0 Å². The minimum absolute atomic E-state index is 0.240. The van der Waals surface area contributed by atoms with Gasteiger partial charge in [0.05, 0.1) is 17.6 Å². The van der Waals surface area contributed by atoms with Crippen molar-refractivity contribution in [2.45, 2.75) is 63.7 Å². The molecule has 0 aromatic heterocycles. The molecule has 0 heterocycles. The van der Waals surface area contributed by atoms with E-state index in [2.05, 4.69) is 24.8 Å². The number of nitriles is 1. The molecule has 0 spiro atoms. The number of aliphatic carboxylic acids is 1. The summed E-state index contributed by atoms with van der Waals surface area (Å²) in [6, 6.07) is 10.3. The van der Waals surface area contributed by atoms with Gasteiger partial charge in [0.25, 0.3) is 0 Å². The average Bonchev–Trinajstić information content (AvgIpc) is 2.72. The van der Waals surface area contributed by atoms with Crippen LogP contribution in [0.5, 0.6) is 0 Å². The fourth-order valence-corrected chi connectivity index (χ4v) is 5.45. The van der Waals surface area contributed by atoms with Gasteiger partial charge in [-0.15, -0.1) is 6.58 Å². The van der Waals surface area contributed by atoms with Gasteiger partial charge in [-0.25, -0.2) is 0 Å². The molecule has 1 atom stereocenters. The van der Waals surface area contributed by atoms with Gasteiger partial charge in [-0.1, -0.05) is 18.2 Å². The lowest BCUT2D eigenvalue weighted by Crippen LogP contribution is -2.30. The predicted molar refractivity (Wildman–Crippen MR) is 107 cm³/mol. The summed E-state index contributed by atoms with van der Waals surface area (Å²) in [6.07, 6.45) is 11.9. The summed E-state index contributed by atoms with van der Waals surface area (Å²) < 4.78 is 0. The maximum absolute atomic E-state index is 11.5. The van der Waals surface area contributed by atoms with Crippen LogP contribution in [-0.4, -0.2) is 11.1 Å². The molecule has 1 N–H and O–H groups in total. The molecular weight excluding hydrogens is 334 g/mol. The highest BCUT2D eigenvalue weighted by Crippen LogP contribution is 2.45. The third-order valence-corrected chi connectivity index (χ3v) is 7.07. The Labute approximate surface area is 163 Å². The minimum atomic E-state index is -0.652. The summed E-state index contributed by atoms with van der Waals surface area (Å²) in [4.78, 5) is 11.5. The van der Waals surface area contributed by atoms with Gasteiger partial charge in [0.15, 0.2) is 0 Å². The number of carboxylic acids is 1. The quantitative estimate of drug-likeness (QED) is 0.637. The first-order chi connectivity index (χ1) is 13.1.